The van der Waals surface area contributed by atoms with E-state index >= 15 is 0 Å². The van der Waals surface area contributed by atoms with E-state index in [2.05, 4.69) is 9.88 Å². The van der Waals surface area contributed by atoms with Crippen molar-refractivity contribution >= 4 is 22.5 Å². The summed E-state index contributed by atoms with van der Waals surface area (Å²) in [6, 6.07) is 15.6. The number of ether oxygens (including phenoxy) is 2. The summed E-state index contributed by atoms with van der Waals surface area (Å²) in [6.45, 7) is 2.65. The minimum atomic E-state index is -0.550. The summed E-state index contributed by atoms with van der Waals surface area (Å²) in [5.41, 5.74) is 1.97. The van der Waals surface area contributed by atoms with Gasteiger partial charge in [0, 0.05) is 55.5 Å². The molecule has 1 N–H and O–H groups in total. The number of pyridine rings is 1. The first-order chi connectivity index (χ1) is 14.6. The summed E-state index contributed by atoms with van der Waals surface area (Å²) in [6.07, 6.45) is 4.03. The first-order valence-electron chi connectivity index (χ1n) is 10.4. The summed E-state index contributed by atoms with van der Waals surface area (Å²) in [4.78, 5) is 6.64. The number of aromatic nitrogens is 1. The molecular weight excluding hydrogens is 400 g/mol. The van der Waals surface area contributed by atoms with Crippen LogP contribution >= 0.6 is 11.6 Å². The highest BCUT2D eigenvalue weighted by Crippen LogP contribution is 2.41. The number of aliphatic hydroxyl groups excluding tert-OH is 1. The zero-order valence-electron chi connectivity index (χ0n) is 16.8. The number of nitrogens with zero attached hydrogens (tertiary/aromatic N) is 2. The fraction of sp³-hybridized carbons (Fsp3) is 0.375. The lowest BCUT2D eigenvalue weighted by atomic mass is 9.87. The quantitative estimate of drug-likeness (QED) is 0.668. The minimum absolute atomic E-state index is 0.124. The Morgan fingerprint density at radius 1 is 1.17 bits per heavy atom. The van der Waals surface area contributed by atoms with Crippen molar-refractivity contribution in [2.45, 2.75) is 31.0 Å². The van der Waals surface area contributed by atoms with Gasteiger partial charge in [0.05, 0.1) is 5.52 Å². The summed E-state index contributed by atoms with van der Waals surface area (Å²) in [5.74, 6) is 1.72. The average molecular weight is 425 g/mol. The largest absolute Gasteiger partial charge is 0.490 e. The number of halogens is 1. The topological polar surface area (TPSA) is 54.8 Å². The molecule has 0 unspecified atom stereocenters. The molecule has 156 valence electrons. The van der Waals surface area contributed by atoms with Gasteiger partial charge in [0.15, 0.2) is 0 Å². The summed E-state index contributed by atoms with van der Waals surface area (Å²) in [5, 5.41) is 12.3. The summed E-state index contributed by atoms with van der Waals surface area (Å²) in [7, 11) is 0. The Morgan fingerprint density at radius 3 is 2.90 bits per heavy atom. The van der Waals surface area contributed by atoms with Gasteiger partial charge in [0.2, 0.25) is 0 Å². The third-order valence-electron chi connectivity index (χ3n) is 6.13. The van der Waals surface area contributed by atoms with Crippen molar-refractivity contribution in [2.24, 2.45) is 0 Å². The van der Waals surface area contributed by atoms with Crippen molar-refractivity contribution in [3.05, 3.63) is 65.3 Å². The molecule has 1 saturated heterocycles. The second-order valence-electron chi connectivity index (χ2n) is 8.31. The van der Waals surface area contributed by atoms with Crippen molar-refractivity contribution in [3.8, 4) is 11.5 Å². The van der Waals surface area contributed by atoms with Gasteiger partial charge >= 0.3 is 0 Å². The predicted molar refractivity (Wildman–Crippen MR) is 117 cm³/mol. The molecule has 3 heterocycles. The molecule has 0 saturated carbocycles. The van der Waals surface area contributed by atoms with Gasteiger partial charge in [0.1, 0.15) is 29.8 Å². The second kappa shape index (κ2) is 8.06. The van der Waals surface area contributed by atoms with Crippen LogP contribution in [0.5, 0.6) is 11.5 Å². The average Bonchev–Trinajstić information content (AvgIpc) is 3.11. The third-order valence-corrected chi connectivity index (χ3v) is 6.37. The molecule has 6 heteroatoms. The molecule has 0 bridgehead atoms. The van der Waals surface area contributed by atoms with Crippen molar-refractivity contribution in [1.29, 1.82) is 0 Å². The number of benzene rings is 2. The van der Waals surface area contributed by atoms with Gasteiger partial charge in [-0.2, -0.15) is 0 Å². The van der Waals surface area contributed by atoms with Crippen molar-refractivity contribution in [2.75, 3.05) is 26.2 Å². The Labute approximate surface area is 181 Å². The van der Waals surface area contributed by atoms with E-state index in [0.717, 1.165) is 59.8 Å². The summed E-state index contributed by atoms with van der Waals surface area (Å²) >= 11 is 6.13. The fourth-order valence-electron chi connectivity index (χ4n) is 4.56. The van der Waals surface area contributed by atoms with Gasteiger partial charge < -0.3 is 19.5 Å². The first-order valence-corrected chi connectivity index (χ1v) is 10.8. The molecule has 5 nitrogen and oxygen atoms in total. The zero-order valence-corrected chi connectivity index (χ0v) is 17.5. The van der Waals surface area contributed by atoms with E-state index in [4.69, 9.17) is 21.1 Å². The lowest BCUT2D eigenvalue weighted by molar-refractivity contribution is -0.00186. The van der Waals surface area contributed by atoms with Gasteiger partial charge in [0.25, 0.3) is 0 Å². The molecule has 1 aromatic heterocycles. The number of aliphatic hydroxyl groups is 1. The highest BCUT2D eigenvalue weighted by Gasteiger charge is 2.42. The standard InChI is InChI=1S/C24H25ClN2O3/c25-18-6-7-22-17(13-18)14-24(30-22)8-11-27(12-9-24)15-19(28)16-29-23-5-1-4-21-20(23)3-2-10-26-21/h1-7,10,13,19,28H,8-9,11-12,14-16H2/t19-/m0/s1. The smallest absolute Gasteiger partial charge is 0.128 e. The SMILES string of the molecule is O[C@H](COc1cccc2ncccc12)CN1CCC2(CC1)Cc1cc(Cl)ccc1O2. The molecule has 0 aliphatic carbocycles. The van der Waals surface area contributed by atoms with Gasteiger partial charge in [-0.05, 0) is 48.0 Å². The van der Waals surface area contributed by atoms with Crippen LogP contribution < -0.4 is 9.47 Å². The van der Waals surface area contributed by atoms with E-state index in [-0.39, 0.29) is 12.2 Å². The second-order valence-corrected chi connectivity index (χ2v) is 8.74. The Bertz CT molecular complexity index is 1040. The van der Waals surface area contributed by atoms with Crippen LogP contribution in [-0.4, -0.2) is 52.9 Å². The summed E-state index contributed by atoms with van der Waals surface area (Å²) < 4.78 is 12.2. The van der Waals surface area contributed by atoms with E-state index < -0.39 is 6.10 Å². The molecule has 1 fully saturated rings. The molecule has 3 aromatic rings. The maximum Gasteiger partial charge on any atom is 0.128 e. The predicted octanol–water partition coefficient (Wildman–Crippen LogP) is 4.10. The lowest BCUT2D eigenvalue weighted by Gasteiger charge is -2.39. The Morgan fingerprint density at radius 2 is 2.03 bits per heavy atom. The van der Waals surface area contributed by atoms with Gasteiger partial charge in [-0.15, -0.1) is 0 Å². The van der Waals surface area contributed by atoms with Crippen LogP contribution in [0.15, 0.2) is 54.7 Å². The molecule has 1 spiro atoms. The monoisotopic (exact) mass is 424 g/mol. The van der Waals surface area contributed by atoms with E-state index in [1.807, 2.05) is 48.5 Å². The molecule has 30 heavy (non-hydrogen) atoms. The van der Waals surface area contributed by atoms with Crippen molar-refractivity contribution in [1.82, 2.24) is 9.88 Å². The van der Waals surface area contributed by atoms with E-state index in [1.54, 1.807) is 6.20 Å². The molecule has 2 aliphatic heterocycles. The van der Waals surface area contributed by atoms with Crippen LogP contribution in [0.4, 0.5) is 0 Å². The molecule has 0 amide bonds. The number of piperidine rings is 1. The first kappa shape index (κ1) is 19.6. The van der Waals surface area contributed by atoms with Gasteiger partial charge in [-0.25, -0.2) is 0 Å². The number of fused-ring (bicyclic) bond motifs is 2. The normalized spacial score (nSPS) is 18.9. The molecule has 2 aromatic carbocycles. The van der Waals surface area contributed by atoms with E-state index in [0.29, 0.717) is 6.54 Å². The van der Waals surface area contributed by atoms with Crippen molar-refractivity contribution in [3.63, 3.8) is 0 Å². The fourth-order valence-corrected chi connectivity index (χ4v) is 4.76. The van der Waals surface area contributed by atoms with Crippen molar-refractivity contribution < 1.29 is 14.6 Å². The molecule has 0 radical (unpaired) electrons. The molecule has 1 atom stereocenters. The lowest BCUT2D eigenvalue weighted by Crippen LogP contribution is -2.49. The highest BCUT2D eigenvalue weighted by molar-refractivity contribution is 6.30. The van der Waals surface area contributed by atoms with Crippen LogP contribution in [0.2, 0.25) is 5.02 Å². The van der Waals surface area contributed by atoms with E-state index in [9.17, 15) is 5.11 Å². The highest BCUT2D eigenvalue weighted by atomic mass is 35.5. The van der Waals surface area contributed by atoms with Gasteiger partial charge in [-0.3, -0.25) is 4.98 Å². The van der Waals surface area contributed by atoms with Crippen LogP contribution in [0, 0.1) is 0 Å². The van der Waals surface area contributed by atoms with Gasteiger partial charge in [-0.1, -0.05) is 17.7 Å². The van der Waals surface area contributed by atoms with Crippen LogP contribution in [0.1, 0.15) is 18.4 Å². The maximum atomic E-state index is 10.5. The number of rotatable bonds is 5. The van der Waals surface area contributed by atoms with Crippen LogP contribution in [0.3, 0.4) is 0 Å². The number of likely N-dealkylation sites (tertiary alicyclic amines) is 1. The van der Waals surface area contributed by atoms with Crippen LogP contribution in [0.25, 0.3) is 10.9 Å². The molecular formula is C24H25ClN2O3. The van der Waals surface area contributed by atoms with E-state index in [1.165, 1.54) is 5.56 Å². The third kappa shape index (κ3) is 3.97. The number of hydrogen-bond donors (Lipinski definition) is 1. The Balaban J connectivity index is 1.13. The Hall–Kier alpha value is -2.34. The van der Waals surface area contributed by atoms with Crippen LogP contribution in [-0.2, 0) is 6.42 Å². The number of hydrogen-bond acceptors (Lipinski definition) is 5. The Kier molecular flexibility index (Phi) is 5.27. The minimum Gasteiger partial charge on any atom is -0.490 e. The molecule has 5 rings (SSSR count). The number of β-amino-alcohol motifs (C(OH)–C–C–N with tert-alkyl or cyclic N) is 1. The molecule has 2 aliphatic rings. The maximum absolute atomic E-state index is 10.5. The zero-order chi connectivity index (χ0) is 20.6.